The first kappa shape index (κ1) is 21.5. The Labute approximate surface area is 180 Å². The van der Waals surface area contributed by atoms with Crippen LogP contribution in [-0.4, -0.2) is 17.0 Å². The summed E-state index contributed by atoms with van der Waals surface area (Å²) in [5, 5.41) is 0. The lowest BCUT2D eigenvalue weighted by Crippen LogP contribution is -2.39. The van der Waals surface area contributed by atoms with Crippen molar-refractivity contribution in [3.63, 3.8) is 0 Å². The van der Waals surface area contributed by atoms with E-state index >= 15 is 0 Å². The second kappa shape index (κ2) is 8.42. The van der Waals surface area contributed by atoms with Gasteiger partial charge < -0.3 is 0 Å². The maximum atomic E-state index is 15.0. The number of benzene rings is 2. The first-order valence-corrected chi connectivity index (χ1v) is 11.7. The fourth-order valence-corrected chi connectivity index (χ4v) is 4.73. The maximum Gasteiger partial charge on any atom is 0.136 e. The fraction of sp³-hybridized carbons (Fsp3) is 0.556. The molecule has 0 spiro atoms. The van der Waals surface area contributed by atoms with E-state index in [1.165, 1.54) is 5.56 Å². The van der Waals surface area contributed by atoms with Gasteiger partial charge in [-0.3, -0.25) is 4.90 Å². The van der Waals surface area contributed by atoms with Crippen molar-refractivity contribution in [2.45, 2.75) is 95.7 Å². The van der Waals surface area contributed by atoms with Gasteiger partial charge in [-0.2, -0.15) is 0 Å². The summed E-state index contributed by atoms with van der Waals surface area (Å²) in [6, 6.07) is 17.4. The van der Waals surface area contributed by atoms with E-state index in [1.54, 1.807) is 0 Å². The average molecular weight is 412 g/mol. The molecule has 0 aromatic heterocycles. The molecular formula is C27H35F2N. The minimum Gasteiger partial charge on any atom is -0.294 e. The van der Waals surface area contributed by atoms with Gasteiger partial charge in [-0.25, -0.2) is 8.78 Å². The molecule has 1 atom stereocenters. The van der Waals surface area contributed by atoms with Crippen molar-refractivity contribution >= 4 is 0 Å². The third-order valence-corrected chi connectivity index (χ3v) is 7.01. The van der Waals surface area contributed by atoms with E-state index < -0.39 is 11.3 Å². The minimum absolute atomic E-state index is 0.454. The molecule has 2 aromatic carbocycles. The van der Waals surface area contributed by atoms with E-state index in [2.05, 4.69) is 56.0 Å². The molecule has 0 amide bonds. The van der Waals surface area contributed by atoms with Crippen LogP contribution in [0.15, 0.2) is 48.5 Å². The summed E-state index contributed by atoms with van der Waals surface area (Å²) in [7, 11) is 0. The number of rotatable bonds is 10. The van der Waals surface area contributed by atoms with Gasteiger partial charge in [0, 0.05) is 18.6 Å². The van der Waals surface area contributed by atoms with Crippen molar-refractivity contribution in [1.29, 1.82) is 0 Å². The van der Waals surface area contributed by atoms with Crippen LogP contribution < -0.4 is 0 Å². The summed E-state index contributed by atoms with van der Waals surface area (Å²) in [6.45, 7) is 7.71. The molecule has 0 N–H and O–H groups in total. The maximum absolute atomic E-state index is 15.0. The molecule has 162 valence electrons. The van der Waals surface area contributed by atoms with Crippen LogP contribution in [0, 0.1) is 0 Å². The van der Waals surface area contributed by atoms with Crippen LogP contribution in [0.25, 0.3) is 0 Å². The standard InChI is InChI=1S/C27H35F2N/c1-4-23(30(20(2)3)19-22-8-6-5-7-9-22)12-10-21-11-13-24(26(28)14-15-26)25(18-21)27(29)16-17-27/h5-9,11,13,18,20,23H,4,10,12,14-17,19H2,1-3H3. The largest absolute Gasteiger partial charge is 0.294 e. The molecule has 0 saturated heterocycles. The number of hydrogen-bond acceptors (Lipinski definition) is 1. The summed E-state index contributed by atoms with van der Waals surface area (Å²) < 4.78 is 29.8. The van der Waals surface area contributed by atoms with Crippen LogP contribution >= 0.6 is 0 Å². The highest BCUT2D eigenvalue weighted by atomic mass is 19.1. The molecule has 4 rings (SSSR count). The van der Waals surface area contributed by atoms with Gasteiger partial charge in [0.1, 0.15) is 11.3 Å². The van der Waals surface area contributed by atoms with Crippen LogP contribution in [0.3, 0.4) is 0 Å². The number of nitrogens with zero attached hydrogens (tertiary/aromatic N) is 1. The zero-order valence-electron chi connectivity index (χ0n) is 18.6. The molecule has 2 saturated carbocycles. The molecule has 0 heterocycles. The van der Waals surface area contributed by atoms with E-state index in [-0.39, 0.29) is 0 Å². The first-order chi connectivity index (χ1) is 14.3. The smallest absolute Gasteiger partial charge is 0.136 e. The van der Waals surface area contributed by atoms with Gasteiger partial charge in [-0.15, -0.1) is 0 Å². The monoisotopic (exact) mass is 411 g/mol. The van der Waals surface area contributed by atoms with Crippen LogP contribution in [0.4, 0.5) is 8.78 Å². The topological polar surface area (TPSA) is 3.24 Å². The van der Waals surface area contributed by atoms with Crippen molar-refractivity contribution in [3.8, 4) is 0 Å². The number of hydrogen-bond donors (Lipinski definition) is 0. The Balaban J connectivity index is 1.48. The van der Waals surface area contributed by atoms with E-state index in [0.717, 1.165) is 31.4 Å². The Kier molecular flexibility index (Phi) is 6.03. The second-order valence-electron chi connectivity index (χ2n) is 9.66. The number of aryl methyl sites for hydroxylation is 1. The quantitative estimate of drug-likeness (QED) is 0.399. The van der Waals surface area contributed by atoms with E-state index in [9.17, 15) is 8.78 Å². The summed E-state index contributed by atoms with van der Waals surface area (Å²) in [6.07, 6.45) is 5.16. The molecule has 0 bridgehead atoms. The fourth-order valence-electron chi connectivity index (χ4n) is 4.73. The summed E-state index contributed by atoms with van der Waals surface area (Å²) in [5.74, 6) is 0. The third-order valence-electron chi connectivity index (χ3n) is 7.01. The number of alkyl halides is 2. The molecule has 2 fully saturated rings. The summed E-state index contributed by atoms with van der Waals surface area (Å²) in [4.78, 5) is 2.57. The molecule has 1 unspecified atom stereocenters. The molecule has 2 aliphatic carbocycles. The van der Waals surface area contributed by atoms with Gasteiger partial charge in [0.2, 0.25) is 0 Å². The first-order valence-electron chi connectivity index (χ1n) is 11.7. The van der Waals surface area contributed by atoms with Gasteiger partial charge in [-0.1, -0.05) is 55.5 Å². The normalized spacial score (nSPS) is 19.8. The van der Waals surface area contributed by atoms with Crippen molar-refractivity contribution in [1.82, 2.24) is 4.90 Å². The van der Waals surface area contributed by atoms with E-state index in [1.807, 2.05) is 18.2 Å². The molecular weight excluding hydrogens is 376 g/mol. The zero-order chi connectivity index (χ0) is 21.4. The Morgan fingerprint density at radius 3 is 2.07 bits per heavy atom. The Bertz CT molecular complexity index is 852. The van der Waals surface area contributed by atoms with Gasteiger partial charge in [0.15, 0.2) is 0 Å². The SMILES string of the molecule is CCC(CCc1ccc(C2(F)CC2)c(C2(F)CC2)c1)N(Cc1ccccc1)C(C)C. The predicted molar refractivity (Wildman–Crippen MR) is 120 cm³/mol. The average Bonchev–Trinajstić information content (AvgIpc) is 3.67. The lowest BCUT2D eigenvalue weighted by atomic mass is 9.92. The molecule has 0 aliphatic heterocycles. The minimum atomic E-state index is -1.28. The molecule has 30 heavy (non-hydrogen) atoms. The van der Waals surface area contributed by atoms with Crippen molar-refractivity contribution in [2.75, 3.05) is 0 Å². The van der Waals surface area contributed by atoms with E-state index in [4.69, 9.17) is 0 Å². The van der Waals surface area contributed by atoms with E-state index in [0.29, 0.717) is 48.9 Å². The highest BCUT2D eigenvalue weighted by molar-refractivity contribution is 5.44. The number of halogens is 2. The molecule has 3 heteroatoms. The van der Waals surface area contributed by atoms with Gasteiger partial charge in [0.25, 0.3) is 0 Å². The van der Waals surface area contributed by atoms with Crippen molar-refractivity contribution in [3.05, 3.63) is 70.8 Å². The van der Waals surface area contributed by atoms with Crippen LogP contribution in [0.2, 0.25) is 0 Å². The Morgan fingerprint density at radius 2 is 1.50 bits per heavy atom. The van der Waals surface area contributed by atoms with Crippen LogP contribution in [0.1, 0.15) is 81.5 Å². The van der Waals surface area contributed by atoms with Gasteiger partial charge >= 0.3 is 0 Å². The molecule has 0 radical (unpaired) electrons. The van der Waals surface area contributed by atoms with Crippen LogP contribution in [-0.2, 0) is 24.3 Å². The molecule has 1 nitrogen and oxygen atoms in total. The highest BCUT2D eigenvalue weighted by Gasteiger charge is 2.53. The predicted octanol–water partition coefficient (Wildman–Crippen LogP) is 7.23. The lowest BCUT2D eigenvalue weighted by molar-refractivity contribution is 0.132. The second-order valence-corrected chi connectivity index (χ2v) is 9.66. The highest BCUT2D eigenvalue weighted by Crippen LogP contribution is 2.58. The van der Waals surface area contributed by atoms with Gasteiger partial charge in [0.05, 0.1) is 0 Å². The summed E-state index contributed by atoms with van der Waals surface area (Å²) >= 11 is 0. The molecule has 2 aromatic rings. The third kappa shape index (κ3) is 4.61. The van der Waals surface area contributed by atoms with Crippen molar-refractivity contribution < 1.29 is 8.78 Å². The van der Waals surface area contributed by atoms with Gasteiger partial charge in [-0.05, 0) is 81.0 Å². The Hall–Kier alpha value is -1.74. The summed E-state index contributed by atoms with van der Waals surface area (Å²) in [5.41, 5.74) is 1.18. The zero-order valence-corrected chi connectivity index (χ0v) is 18.6. The Morgan fingerprint density at radius 1 is 0.867 bits per heavy atom. The van der Waals surface area contributed by atoms with Crippen molar-refractivity contribution in [2.24, 2.45) is 0 Å². The molecule has 2 aliphatic rings. The van der Waals surface area contributed by atoms with Crippen LogP contribution in [0.5, 0.6) is 0 Å². The lowest BCUT2D eigenvalue weighted by Gasteiger charge is -2.35.